The number of amides is 2. The lowest BCUT2D eigenvalue weighted by Gasteiger charge is -2.30. The standard InChI is InChI=1S/C27H25ClN2O3/c1-2-3-16-29-26(31)21-12-8-19(9-13-21)17-25-27(32)30(18-20-10-14-22(28)15-11-20)23-6-4-5-7-24(23)33-25/h4-15,17H,2-3,16,18H2,1H3,(H,29,31)/b25-17+. The SMILES string of the molecule is CCCCNC(=O)c1ccc(/C=C2/Oc3ccccc3N(Cc3ccc(Cl)cc3)C2=O)cc1. The van der Waals surface area contributed by atoms with E-state index in [0.29, 0.717) is 35.1 Å². The van der Waals surface area contributed by atoms with Crippen molar-refractivity contribution in [2.24, 2.45) is 0 Å². The normalized spacial score (nSPS) is 14.1. The van der Waals surface area contributed by atoms with Crippen LogP contribution in [-0.2, 0) is 11.3 Å². The van der Waals surface area contributed by atoms with Gasteiger partial charge < -0.3 is 10.1 Å². The quantitative estimate of drug-likeness (QED) is 0.356. The molecule has 1 N–H and O–H groups in total. The van der Waals surface area contributed by atoms with Crippen LogP contribution in [0, 0.1) is 0 Å². The predicted octanol–water partition coefficient (Wildman–Crippen LogP) is 5.84. The maximum Gasteiger partial charge on any atom is 0.294 e. The molecule has 33 heavy (non-hydrogen) atoms. The molecule has 0 bridgehead atoms. The number of benzene rings is 3. The third-order valence-corrected chi connectivity index (χ3v) is 5.62. The van der Waals surface area contributed by atoms with Gasteiger partial charge in [-0.25, -0.2) is 0 Å². The van der Waals surface area contributed by atoms with Crippen molar-refractivity contribution >= 4 is 35.2 Å². The summed E-state index contributed by atoms with van der Waals surface area (Å²) in [6, 6.07) is 22.0. The molecule has 3 aromatic carbocycles. The Bertz CT molecular complexity index is 1170. The second kappa shape index (κ2) is 10.4. The van der Waals surface area contributed by atoms with Crippen molar-refractivity contribution in [2.45, 2.75) is 26.3 Å². The molecule has 0 spiro atoms. The molecule has 5 nitrogen and oxygen atoms in total. The van der Waals surface area contributed by atoms with Gasteiger partial charge in [-0.1, -0.05) is 61.3 Å². The van der Waals surface area contributed by atoms with Crippen LogP contribution in [0.25, 0.3) is 6.08 Å². The zero-order chi connectivity index (χ0) is 23.2. The molecule has 1 aliphatic rings. The van der Waals surface area contributed by atoms with Gasteiger partial charge in [0.2, 0.25) is 0 Å². The highest BCUT2D eigenvalue weighted by Gasteiger charge is 2.30. The Morgan fingerprint density at radius 1 is 1.03 bits per heavy atom. The van der Waals surface area contributed by atoms with Gasteiger partial charge >= 0.3 is 0 Å². The summed E-state index contributed by atoms with van der Waals surface area (Å²) in [5.41, 5.74) is 3.03. The smallest absolute Gasteiger partial charge is 0.294 e. The van der Waals surface area contributed by atoms with Crippen molar-refractivity contribution in [3.05, 3.63) is 100 Å². The first kappa shape index (κ1) is 22.6. The average molecular weight is 461 g/mol. The van der Waals surface area contributed by atoms with Crippen molar-refractivity contribution in [1.29, 1.82) is 0 Å². The zero-order valence-corrected chi connectivity index (χ0v) is 19.1. The van der Waals surface area contributed by atoms with Gasteiger partial charge in [0.1, 0.15) is 0 Å². The number of para-hydroxylation sites is 2. The number of anilines is 1. The minimum atomic E-state index is -0.231. The van der Waals surface area contributed by atoms with Gasteiger partial charge in [0, 0.05) is 17.1 Å². The number of carbonyl (C=O) groups is 2. The second-order valence-corrected chi connectivity index (χ2v) is 8.26. The topological polar surface area (TPSA) is 58.6 Å². The molecular formula is C27H25ClN2O3. The Kier molecular flexibility index (Phi) is 7.10. The molecule has 0 aliphatic carbocycles. The number of carbonyl (C=O) groups excluding carboxylic acids is 2. The van der Waals surface area contributed by atoms with Gasteiger partial charge in [0.15, 0.2) is 11.5 Å². The van der Waals surface area contributed by atoms with Crippen LogP contribution in [-0.4, -0.2) is 18.4 Å². The van der Waals surface area contributed by atoms with Crippen LogP contribution < -0.4 is 15.0 Å². The number of fused-ring (bicyclic) bond motifs is 1. The summed E-state index contributed by atoms with van der Waals surface area (Å²) in [6.07, 6.45) is 3.67. The summed E-state index contributed by atoms with van der Waals surface area (Å²) in [4.78, 5) is 27.3. The lowest BCUT2D eigenvalue weighted by atomic mass is 10.1. The van der Waals surface area contributed by atoms with Gasteiger partial charge in [0.25, 0.3) is 11.8 Å². The number of ether oxygens (including phenoxy) is 1. The number of rotatable bonds is 7. The number of unbranched alkanes of at least 4 members (excludes halogenated alkanes) is 1. The molecule has 0 radical (unpaired) electrons. The summed E-state index contributed by atoms with van der Waals surface area (Å²) >= 11 is 6.01. The molecular weight excluding hydrogens is 436 g/mol. The van der Waals surface area contributed by atoms with Crippen molar-refractivity contribution in [2.75, 3.05) is 11.4 Å². The Balaban J connectivity index is 1.57. The van der Waals surface area contributed by atoms with Crippen LogP contribution in [0.15, 0.2) is 78.6 Å². The molecule has 0 saturated heterocycles. The fourth-order valence-electron chi connectivity index (χ4n) is 3.55. The summed E-state index contributed by atoms with van der Waals surface area (Å²) in [6.45, 7) is 3.13. The molecule has 2 amide bonds. The van der Waals surface area contributed by atoms with Crippen molar-refractivity contribution < 1.29 is 14.3 Å². The summed E-state index contributed by atoms with van der Waals surface area (Å²) in [7, 11) is 0. The lowest BCUT2D eigenvalue weighted by Crippen LogP contribution is -2.36. The molecule has 6 heteroatoms. The Morgan fingerprint density at radius 2 is 1.76 bits per heavy atom. The molecule has 0 fully saturated rings. The van der Waals surface area contributed by atoms with Crippen molar-refractivity contribution in [3.8, 4) is 5.75 Å². The van der Waals surface area contributed by atoms with E-state index in [1.807, 2.05) is 60.7 Å². The molecule has 4 rings (SSSR count). The number of nitrogens with one attached hydrogen (secondary N) is 1. The highest BCUT2D eigenvalue weighted by atomic mass is 35.5. The number of halogens is 1. The van der Waals surface area contributed by atoms with E-state index in [9.17, 15) is 9.59 Å². The fourth-order valence-corrected chi connectivity index (χ4v) is 3.68. The Morgan fingerprint density at radius 3 is 2.48 bits per heavy atom. The van der Waals surface area contributed by atoms with E-state index < -0.39 is 0 Å². The average Bonchev–Trinajstić information content (AvgIpc) is 2.83. The Hall–Kier alpha value is -3.57. The van der Waals surface area contributed by atoms with Gasteiger partial charge in [-0.15, -0.1) is 0 Å². The van der Waals surface area contributed by atoms with Crippen molar-refractivity contribution in [3.63, 3.8) is 0 Å². The second-order valence-electron chi connectivity index (χ2n) is 7.83. The monoisotopic (exact) mass is 460 g/mol. The summed E-state index contributed by atoms with van der Waals surface area (Å²) in [5.74, 6) is 0.507. The van der Waals surface area contributed by atoms with Crippen molar-refractivity contribution in [1.82, 2.24) is 5.32 Å². The van der Waals surface area contributed by atoms with E-state index in [1.165, 1.54) is 0 Å². The van der Waals surface area contributed by atoms with Crippen LogP contribution in [0.5, 0.6) is 5.75 Å². The minimum Gasteiger partial charge on any atom is -0.449 e. The fraction of sp³-hybridized carbons (Fsp3) is 0.185. The van der Waals surface area contributed by atoms with Gasteiger partial charge in [-0.05, 0) is 60.0 Å². The zero-order valence-electron chi connectivity index (χ0n) is 18.4. The molecule has 0 aromatic heterocycles. The van der Waals surface area contributed by atoms with Gasteiger partial charge in [0.05, 0.1) is 12.2 Å². The molecule has 0 saturated carbocycles. The van der Waals surface area contributed by atoms with E-state index >= 15 is 0 Å². The first-order valence-corrected chi connectivity index (χ1v) is 11.4. The molecule has 0 atom stereocenters. The number of hydrogen-bond acceptors (Lipinski definition) is 3. The predicted molar refractivity (Wildman–Crippen MR) is 131 cm³/mol. The minimum absolute atomic E-state index is 0.101. The highest BCUT2D eigenvalue weighted by Crippen LogP contribution is 2.36. The summed E-state index contributed by atoms with van der Waals surface area (Å²) < 4.78 is 5.95. The Labute approximate surface area is 198 Å². The molecule has 168 valence electrons. The van der Waals surface area contributed by atoms with Gasteiger partial charge in [-0.3, -0.25) is 14.5 Å². The third kappa shape index (κ3) is 5.44. The highest BCUT2D eigenvalue weighted by molar-refractivity contribution is 6.30. The lowest BCUT2D eigenvalue weighted by molar-refractivity contribution is -0.117. The number of nitrogens with zero attached hydrogens (tertiary/aromatic N) is 1. The summed E-state index contributed by atoms with van der Waals surface area (Å²) in [5, 5.41) is 3.55. The van der Waals surface area contributed by atoms with E-state index in [4.69, 9.17) is 16.3 Å². The maximum absolute atomic E-state index is 13.3. The van der Waals surface area contributed by atoms with Crippen LogP contribution in [0.2, 0.25) is 5.02 Å². The van der Waals surface area contributed by atoms with E-state index in [-0.39, 0.29) is 17.6 Å². The van der Waals surface area contributed by atoms with E-state index in [0.717, 1.165) is 24.0 Å². The van der Waals surface area contributed by atoms with Crippen LogP contribution >= 0.6 is 11.6 Å². The van der Waals surface area contributed by atoms with Crippen LogP contribution in [0.4, 0.5) is 5.69 Å². The maximum atomic E-state index is 13.3. The van der Waals surface area contributed by atoms with E-state index in [1.54, 1.807) is 23.1 Å². The van der Waals surface area contributed by atoms with E-state index in [2.05, 4.69) is 12.2 Å². The molecule has 1 heterocycles. The first-order chi connectivity index (χ1) is 16.0. The van der Waals surface area contributed by atoms with Gasteiger partial charge in [-0.2, -0.15) is 0 Å². The van der Waals surface area contributed by atoms with Crippen LogP contribution in [0.1, 0.15) is 41.3 Å². The van der Waals surface area contributed by atoms with Crippen LogP contribution in [0.3, 0.4) is 0 Å². The third-order valence-electron chi connectivity index (χ3n) is 5.37. The molecule has 1 aliphatic heterocycles. The molecule has 3 aromatic rings. The molecule has 0 unspecified atom stereocenters. The largest absolute Gasteiger partial charge is 0.449 e. The first-order valence-electron chi connectivity index (χ1n) is 11.0. The number of hydrogen-bond donors (Lipinski definition) is 1.